The van der Waals surface area contributed by atoms with E-state index in [-0.39, 0.29) is 6.04 Å². The molecule has 0 amide bonds. The van der Waals surface area contributed by atoms with Gasteiger partial charge in [-0.2, -0.15) is 0 Å². The first kappa shape index (κ1) is 15.4. The van der Waals surface area contributed by atoms with Crippen LogP contribution in [0.15, 0.2) is 24.3 Å². The zero-order chi connectivity index (χ0) is 13.2. The second-order valence-electron chi connectivity index (χ2n) is 4.09. The zero-order valence-corrected chi connectivity index (χ0v) is 11.5. The Morgan fingerprint density at radius 1 is 1.22 bits per heavy atom. The van der Waals surface area contributed by atoms with Crippen molar-refractivity contribution in [1.82, 2.24) is 5.43 Å². The lowest BCUT2D eigenvalue weighted by Gasteiger charge is -2.16. The van der Waals surface area contributed by atoms with Crippen LogP contribution in [0.4, 0.5) is 0 Å². The van der Waals surface area contributed by atoms with E-state index in [4.69, 9.17) is 26.9 Å². The average molecular weight is 273 g/mol. The Hall–Kier alpha value is -0.650. The Bertz CT molecular complexity index is 319. The predicted molar refractivity (Wildman–Crippen MR) is 73.6 cm³/mol. The number of ether oxygens (including phenoxy) is 2. The van der Waals surface area contributed by atoms with Crippen LogP contribution >= 0.6 is 11.6 Å². The summed E-state index contributed by atoms with van der Waals surface area (Å²) in [6, 6.07) is 8.00. The van der Waals surface area contributed by atoms with Crippen molar-refractivity contribution in [2.45, 2.75) is 18.9 Å². The number of hydrogen-bond acceptors (Lipinski definition) is 4. The van der Waals surface area contributed by atoms with Gasteiger partial charge in [0.15, 0.2) is 0 Å². The molecule has 3 N–H and O–H groups in total. The molecule has 0 bridgehead atoms. The molecule has 18 heavy (non-hydrogen) atoms. The number of nitrogens with two attached hydrogens (primary N) is 1. The fourth-order valence-corrected chi connectivity index (χ4v) is 1.75. The molecule has 4 nitrogen and oxygen atoms in total. The fourth-order valence-electron chi connectivity index (χ4n) is 1.62. The molecule has 1 aromatic carbocycles. The number of rotatable bonds is 9. The van der Waals surface area contributed by atoms with Gasteiger partial charge < -0.3 is 9.47 Å². The first-order chi connectivity index (χ1) is 8.76. The molecule has 1 rings (SSSR count). The third-order valence-electron chi connectivity index (χ3n) is 2.67. The monoisotopic (exact) mass is 272 g/mol. The number of benzene rings is 1. The van der Waals surface area contributed by atoms with E-state index in [2.05, 4.69) is 5.43 Å². The number of methoxy groups -OCH3 is 1. The molecule has 5 heteroatoms. The summed E-state index contributed by atoms with van der Waals surface area (Å²) in [5.74, 6) is 5.54. The largest absolute Gasteiger partial charge is 0.382 e. The highest BCUT2D eigenvalue weighted by molar-refractivity contribution is 6.30. The standard InChI is InChI=1S/C13H21ClN2O2/c1-17-8-9-18-7-6-13(16-15)10-11-2-4-12(14)5-3-11/h2-5,13,16H,6-10,15H2,1H3. The lowest BCUT2D eigenvalue weighted by Crippen LogP contribution is -2.37. The number of halogens is 1. The third-order valence-corrected chi connectivity index (χ3v) is 2.93. The molecule has 1 aromatic rings. The summed E-state index contributed by atoms with van der Waals surface area (Å²) in [5, 5.41) is 0.749. The second-order valence-corrected chi connectivity index (χ2v) is 4.52. The first-order valence-corrected chi connectivity index (χ1v) is 6.41. The van der Waals surface area contributed by atoms with Gasteiger partial charge in [0.2, 0.25) is 0 Å². The Balaban J connectivity index is 2.26. The summed E-state index contributed by atoms with van der Waals surface area (Å²) in [4.78, 5) is 0. The van der Waals surface area contributed by atoms with Crippen molar-refractivity contribution in [3.63, 3.8) is 0 Å². The minimum absolute atomic E-state index is 0.203. The number of hydrogen-bond donors (Lipinski definition) is 2. The minimum atomic E-state index is 0.203. The van der Waals surface area contributed by atoms with Gasteiger partial charge in [0.25, 0.3) is 0 Å². The van der Waals surface area contributed by atoms with Gasteiger partial charge in [-0.05, 0) is 30.5 Å². The van der Waals surface area contributed by atoms with E-state index in [1.54, 1.807) is 7.11 Å². The van der Waals surface area contributed by atoms with Crippen molar-refractivity contribution in [3.05, 3.63) is 34.9 Å². The van der Waals surface area contributed by atoms with Crippen LogP contribution in [0.5, 0.6) is 0 Å². The van der Waals surface area contributed by atoms with Gasteiger partial charge in [0.1, 0.15) is 0 Å². The van der Waals surface area contributed by atoms with E-state index < -0.39 is 0 Å². The van der Waals surface area contributed by atoms with E-state index >= 15 is 0 Å². The molecule has 102 valence electrons. The van der Waals surface area contributed by atoms with Crippen LogP contribution in [-0.4, -0.2) is 33.0 Å². The van der Waals surface area contributed by atoms with Crippen molar-refractivity contribution >= 4 is 11.6 Å². The van der Waals surface area contributed by atoms with Crippen LogP contribution < -0.4 is 11.3 Å². The summed E-state index contributed by atoms with van der Waals surface area (Å²) >= 11 is 5.84. The minimum Gasteiger partial charge on any atom is -0.382 e. The second kappa shape index (κ2) is 9.30. The molecule has 0 fully saturated rings. The fraction of sp³-hybridized carbons (Fsp3) is 0.538. The maximum Gasteiger partial charge on any atom is 0.0700 e. The molecule has 0 heterocycles. The van der Waals surface area contributed by atoms with E-state index in [9.17, 15) is 0 Å². The molecule has 0 radical (unpaired) electrons. The predicted octanol–water partition coefficient (Wildman–Crippen LogP) is 1.77. The van der Waals surface area contributed by atoms with Gasteiger partial charge in [-0.25, -0.2) is 0 Å². The normalized spacial score (nSPS) is 12.6. The van der Waals surface area contributed by atoms with Crippen molar-refractivity contribution in [2.24, 2.45) is 5.84 Å². The molecule has 0 saturated heterocycles. The van der Waals surface area contributed by atoms with Gasteiger partial charge in [0.05, 0.1) is 13.2 Å². The molecule has 1 atom stereocenters. The first-order valence-electron chi connectivity index (χ1n) is 6.03. The van der Waals surface area contributed by atoms with Gasteiger partial charge in [-0.3, -0.25) is 11.3 Å². The maximum absolute atomic E-state index is 5.84. The number of nitrogens with one attached hydrogen (secondary N) is 1. The Morgan fingerprint density at radius 2 is 1.94 bits per heavy atom. The van der Waals surface area contributed by atoms with Crippen LogP contribution in [0.2, 0.25) is 5.02 Å². The molecule has 0 aromatic heterocycles. The van der Waals surface area contributed by atoms with Gasteiger partial charge in [0, 0.05) is 24.8 Å². The Labute approximate surface area is 113 Å². The van der Waals surface area contributed by atoms with E-state index in [1.165, 1.54) is 5.56 Å². The van der Waals surface area contributed by atoms with Crippen LogP contribution in [0.3, 0.4) is 0 Å². The maximum atomic E-state index is 5.84. The van der Waals surface area contributed by atoms with E-state index in [0.717, 1.165) is 17.9 Å². The lowest BCUT2D eigenvalue weighted by molar-refractivity contribution is 0.0658. The van der Waals surface area contributed by atoms with Crippen LogP contribution in [-0.2, 0) is 15.9 Å². The smallest absolute Gasteiger partial charge is 0.0700 e. The summed E-state index contributed by atoms with van der Waals surface area (Å²) in [6.07, 6.45) is 1.73. The van der Waals surface area contributed by atoms with Gasteiger partial charge in [-0.1, -0.05) is 23.7 Å². The molecule has 0 saturated carbocycles. The molecule has 0 aliphatic rings. The Kier molecular flexibility index (Phi) is 7.96. The van der Waals surface area contributed by atoms with Crippen LogP contribution in [0.25, 0.3) is 0 Å². The van der Waals surface area contributed by atoms with Gasteiger partial charge >= 0.3 is 0 Å². The van der Waals surface area contributed by atoms with E-state index in [0.29, 0.717) is 19.8 Å². The highest BCUT2D eigenvalue weighted by Crippen LogP contribution is 2.11. The zero-order valence-electron chi connectivity index (χ0n) is 10.7. The van der Waals surface area contributed by atoms with Crippen molar-refractivity contribution < 1.29 is 9.47 Å². The summed E-state index contributed by atoms with van der Waals surface area (Å²) in [7, 11) is 1.66. The van der Waals surface area contributed by atoms with Crippen LogP contribution in [0.1, 0.15) is 12.0 Å². The Morgan fingerprint density at radius 3 is 2.56 bits per heavy atom. The number of hydrazine groups is 1. The summed E-state index contributed by atoms with van der Waals surface area (Å²) in [5.41, 5.74) is 4.02. The topological polar surface area (TPSA) is 56.5 Å². The molecule has 0 aliphatic carbocycles. The van der Waals surface area contributed by atoms with Crippen molar-refractivity contribution in [3.8, 4) is 0 Å². The SMILES string of the molecule is COCCOCCC(Cc1ccc(Cl)cc1)NN. The van der Waals surface area contributed by atoms with Gasteiger partial charge in [-0.15, -0.1) is 0 Å². The molecular weight excluding hydrogens is 252 g/mol. The average Bonchev–Trinajstić information content (AvgIpc) is 2.39. The quantitative estimate of drug-likeness (QED) is 0.409. The highest BCUT2D eigenvalue weighted by atomic mass is 35.5. The third kappa shape index (κ3) is 6.33. The van der Waals surface area contributed by atoms with Crippen LogP contribution in [0, 0.1) is 0 Å². The summed E-state index contributed by atoms with van der Waals surface area (Å²) < 4.78 is 10.3. The lowest BCUT2D eigenvalue weighted by atomic mass is 10.0. The molecule has 1 unspecified atom stereocenters. The molecule has 0 spiro atoms. The molecule has 0 aliphatic heterocycles. The summed E-state index contributed by atoms with van der Waals surface area (Å²) in [6.45, 7) is 1.92. The van der Waals surface area contributed by atoms with Crippen molar-refractivity contribution in [1.29, 1.82) is 0 Å². The van der Waals surface area contributed by atoms with Crippen molar-refractivity contribution in [2.75, 3.05) is 26.9 Å². The molecular formula is C13H21ClN2O2. The van der Waals surface area contributed by atoms with E-state index in [1.807, 2.05) is 24.3 Å². The highest BCUT2D eigenvalue weighted by Gasteiger charge is 2.07.